The Balaban J connectivity index is 1.35. The Bertz CT molecular complexity index is 1110. The third-order valence-corrected chi connectivity index (χ3v) is 6.52. The molecule has 1 unspecified atom stereocenters. The number of nitriles is 1. The van der Waals surface area contributed by atoms with E-state index >= 15 is 0 Å². The quantitative estimate of drug-likeness (QED) is 0.637. The maximum atomic E-state index is 12.8. The number of hydrogen-bond acceptors (Lipinski definition) is 7. The highest BCUT2D eigenvalue weighted by Gasteiger charge is 2.61. The van der Waals surface area contributed by atoms with Crippen LogP contribution in [0.25, 0.3) is 10.4 Å². The molecule has 2 fully saturated rings. The Kier molecular flexibility index (Phi) is 4.18. The van der Waals surface area contributed by atoms with E-state index in [9.17, 15) is 4.79 Å². The van der Waals surface area contributed by atoms with Crippen LogP contribution < -0.4 is 10.6 Å². The molecular weight excluding hydrogens is 384 g/mol. The van der Waals surface area contributed by atoms with E-state index in [4.69, 9.17) is 5.26 Å². The molecule has 0 bridgehead atoms. The van der Waals surface area contributed by atoms with Gasteiger partial charge in [0.25, 0.3) is 5.91 Å². The van der Waals surface area contributed by atoms with Crippen molar-refractivity contribution in [3.8, 4) is 16.6 Å². The van der Waals surface area contributed by atoms with Gasteiger partial charge in [-0.15, -0.1) is 11.3 Å². The number of benzene rings is 1. The molecule has 7 nitrogen and oxygen atoms in total. The van der Waals surface area contributed by atoms with Gasteiger partial charge in [-0.2, -0.15) is 5.26 Å². The molecule has 2 atom stereocenters. The number of likely N-dealkylation sites (tertiary alicyclic amines) is 1. The fourth-order valence-electron chi connectivity index (χ4n) is 3.92. The van der Waals surface area contributed by atoms with Gasteiger partial charge >= 0.3 is 0 Å². The smallest absolute Gasteiger partial charge is 0.280 e. The number of nitrogens with zero attached hydrogens (tertiary/aromatic N) is 4. The Morgan fingerprint density at radius 2 is 2.14 bits per heavy atom. The van der Waals surface area contributed by atoms with E-state index in [0.717, 1.165) is 34.8 Å². The molecule has 29 heavy (non-hydrogen) atoms. The minimum absolute atomic E-state index is 0.171. The van der Waals surface area contributed by atoms with E-state index in [1.54, 1.807) is 23.5 Å². The van der Waals surface area contributed by atoms with E-state index < -0.39 is 0 Å². The van der Waals surface area contributed by atoms with E-state index in [2.05, 4.69) is 26.8 Å². The lowest BCUT2D eigenvalue weighted by molar-refractivity contribution is 0.0929. The van der Waals surface area contributed by atoms with Gasteiger partial charge in [0.1, 0.15) is 0 Å². The molecule has 8 heteroatoms. The average Bonchev–Trinajstić information content (AvgIpc) is 3.10. The summed E-state index contributed by atoms with van der Waals surface area (Å²) in [5.74, 6) is 0.197. The fraction of sp³-hybridized carbons (Fsp3) is 0.238. The second-order valence-corrected chi connectivity index (χ2v) is 8.46. The van der Waals surface area contributed by atoms with Gasteiger partial charge in [0, 0.05) is 36.1 Å². The molecule has 0 radical (unpaired) electrons. The second kappa shape index (κ2) is 6.87. The molecule has 2 N–H and O–H groups in total. The van der Waals surface area contributed by atoms with Crippen LogP contribution in [0.3, 0.4) is 0 Å². The number of fused-ring (bicyclic) bond motifs is 1. The van der Waals surface area contributed by atoms with Crippen LogP contribution in [0, 0.1) is 17.4 Å². The molecule has 1 aromatic carbocycles. The van der Waals surface area contributed by atoms with Crippen molar-refractivity contribution in [2.24, 2.45) is 5.92 Å². The van der Waals surface area contributed by atoms with Crippen LogP contribution in [-0.4, -0.2) is 39.4 Å². The number of anilines is 2. The molecule has 3 heterocycles. The molecule has 5 rings (SSSR count). The summed E-state index contributed by atoms with van der Waals surface area (Å²) in [4.78, 5) is 23.9. The van der Waals surface area contributed by atoms with Crippen molar-refractivity contribution in [2.75, 3.05) is 18.4 Å². The summed E-state index contributed by atoms with van der Waals surface area (Å²) in [7, 11) is 0. The minimum Gasteiger partial charge on any atom is -0.354 e. The topological polar surface area (TPSA) is 93.9 Å². The van der Waals surface area contributed by atoms with Crippen molar-refractivity contribution in [2.45, 2.75) is 12.0 Å². The maximum absolute atomic E-state index is 12.8. The van der Waals surface area contributed by atoms with Gasteiger partial charge in [-0.05, 0) is 24.6 Å². The number of aromatic nitrogens is 2. The minimum atomic E-state index is -0.255. The molecular formula is C21H18N6OS. The van der Waals surface area contributed by atoms with E-state index in [-0.39, 0.29) is 11.4 Å². The van der Waals surface area contributed by atoms with Crippen LogP contribution in [0.4, 0.5) is 11.4 Å². The van der Waals surface area contributed by atoms with Gasteiger partial charge in [0.15, 0.2) is 11.2 Å². The highest BCUT2D eigenvalue weighted by Crippen LogP contribution is 2.49. The first-order valence-corrected chi connectivity index (χ1v) is 10.2. The Hall–Kier alpha value is -3.44. The van der Waals surface area contributed by atoms with Gasteiger partial charge in [0.2, 0.25) is 0 Å². The summed E-state index contributed by atoms with van der Waals surface area (Å²) in [6.45, 7) is 1.32. The first-order chi connectivity index (χ1) is 14.2. The Morgan fingerprint density at radius 3 is 2.93 bits per heavy atom. The SMILES string of the molecule is N#CN1CC2C[C@]2(NC(=O)c2ncc(-c3ccncc3Nc3ccccc3)s2)C1. The van der Waals surface area contributed by atoms with Gasteiger partial charge in [-0.25, -0.2) is 4.98 Å². The average molecular weight is 402 g/mol. The summed E-state index contributed by atoms with van der Waals surface area (Å²) in [5, 5.41) is 16.0. The molecule has 2 aromatic heterocycles. The summed E-state index contributed by atoms with van der Waals surface area (Å²) in [6.07, 6.45) is 8.33. The number of para-hydroxylation sites is 1. The first kappa shape index (κ1) is 17.6. The van der Waals surface area contributed by atoms with Crippen LogP contribution in [0.15, 0.2) is 55.0 Å². The van der Waals surface area contributed by atoms with Gasteiger partial charge in [-0.3, -0.25) is 9.78 Å². The van der Waals surface area contributed by atoms with Crippen LogP contribution in [0.2, 0.25) is 0 Å². The summed E-state index contributed by atoms with van der Waals surface area (Å²) >= 11 is 1.36. The van der Waals surface area contributed by atoms with Crippen molar-refractivity contribution in [1.82, 2.24) is 20.2 Å². The molecule has 2 aliphatic rings. The van der Waals surface area contributed by atoms with Gasteiger partial charge in [-0.1, -0.05) is 18.2 Å². The van der Waals surface area contributed by atoms with Crippen molar-refractivity contribution >= 4 is 28.6 Å². The Morgan fingerprint density at radius 1 is 1.28 bits per heavy atom. The number of thiazole rings is 1. The fourth-order valence-corrected chi connectivity index (χ4v) is 4.77. The maximum Gasteiger partial charge on any atom is 0.280 e. The first-order valence-electron chi connectivity index (χ1n) is 9.36. The lowest BCUT2D eigenvalue weighted by Gasteiger charge is -2.16. The normalized spacial score (nSPS) is 21.9. The lowest BCUT2D eigenvalue weighted by atomic mass is 10.2. The number of carbonyl (C=O) groups excluding carboxylic acids is 1. The third-order valence-electron chi connectivity index (χ3n) is 5.49. The highest BCUT2D eigenvalue weighted by molar-refractivity contribution is 7.17. The highest BCUT2D eigenvalue weighted by atomic mass is 32.1. The van der Waals surface area contributed by atoms with E-state index in [0.29, 0.717) is 17.5 Å². The predicted molar refractivity (Wildman–Crippen MR) is 111 cm³/mol. The summed E-state index contributed by atoms with van der Waals surface area (Å²) < 4.78 is 0. The molecule has 0 spiro atoms. The van der Waals surface area contributed by atoms with Crippen LogP contribution in [0.5, 0.6) is 0 Å². The van der Waals surface area contributed by atoms with Crippen molar-refractivity contribution < 1.29 is 4.79 Å². The molecule has 3 aromatic rings. The standard InChI is InChI=1S/C21H18N6OS/c22-13-27-11-14-8-21(14,12-27)26-19(28)20-24-10-18(29-20)16-6-7-23-9-17(16)25-15-4-2-1-3-5-15/h1-7,9-10,14,25H,8,11-12H2,(H,26,28)/t14?,21-/m0/s1. The lowest BCUT2D eigenvalue weighted by Crippen LogP contribution is -2.41. The van der Waals surface area contributed by atoms with E-state index in [1.807, 2.05) is 36.4 Å². The van der Waals surface area contributed by atoms with Gasteiger partial charge in [0.05, 0.1) is 28.8 Å². The van der Waals surface area contributed by atoms with Crippen molar-refractivity contribution in [3.05, 3.63) is 60.0 Å². The number of piperidine rings is 1. The molecule has 1 saturated heterocycles. The number of rotatable bonds is 5. The zero-order valence-electron chi connectivity index (χ0n) is 15.5. The largest absolute Gasteiger partial charge is 0.354 e. The number of pyridine rings is 1. The molecule has 144 valence electrons. The van der Waals surface area contributed by atoms with Crippen LogP contribution in [-0.2, 0) is 0 Å². The number of nitrogens with one attached hydrogen (secondary N) is 2. The van der Waals surface area contributed by atoms with Crippen LogP contribution >= 0.6 is 11.3 Å². The molecule has 1 saturated carbocycles. The third kappa shape index (κ3) is 3.30. The van der Waals surface area contributed by atoms with Crippen molar-refractivity contribution in [3.63, 3.8) is 0 Å². The zero-order chi connectivity index (χ0) is 19.8. The number of amides is 1. The summed E-state index contributed by atoms with van der Waals surface area (Å²) in [5.41, 5.74) is 2.51. The number of hydrogen-bond donors (Lipinski definition) is 2. The van der Waals surface area contributed by atoms with E-state index in [1.165, 1.54) is 11.3 Å². The second-order valence-electron chi connectivity index (χ2n) is 7.43. The number of carbonyl (C=O) groups is 1. The van der Waals surface area contributed by atoms with Crippen molar-refractivity contribution in [1.29, 1.82) is 5.26 Å². The van der Waals surface area contributed by atoms with Crippen LogP contribution in [0.1, 0.15) is 16.2 Å². The molecule has 1 aliphatic carbocycles. The summed E-state index contributed by atoms with van der Waals surface area (Å²) in [6, 6.07) is 11.8. The van der Waals surface area contributed by atoms with Gasteiger partial charge < -0.3 is 15.5 Å². The predicted octanol–water partition coefficient (Wildman–Crippen LogP) is 3.23. The molecule has 1 aliphatic heterocycles. The molecule has 1 amide bonds. The Labute approximate surface area is 172 Å². The monoisotopic (exact) mass is 402 g/mol. The zero-order valence-corrected chi connectivity index (χ0v) is 16.3.